The van der Waals surface area contributed by atoms with Crippen LogP contribution in [0.2, 0.25) is 0 Å². The number of furan rings is 2. The first-order valence-corrected chi connectivity index (χ1v) is 16.2. The third-order valence-electron chi connectivity index (χ3n) is 9.07. The van der Waals surface area contributed by atoms with Gasteiger partial charge in [0.15, 0.2) is 0 Å². The minimum absolute atomic E-state index is 0.869. The maximum atomic E-state index is 6.39. The Morgan fingerprint density at radius 1 is 0.391 bits per heavy atom. The van der Waals surface area contributed by atoms with Crippen LogP contribution in [0.15, 0.2) is 160 Å². The normalized spacial score (nSPS) is 11.9. The van der Waals surface area contributed by atoms with E-state index in [2.05, 4.69) is 132 Å². The largest absolute Gasteiger partial charge is 0.456 e. The molecule has 0 amide bonds. The van der Waals surface area contributed by atoms with E-state index in [-0.39, 0.29) is 0 Å². The third-order valence-corrected chi connectivity index (χ3v) is 10.3. The molecule has 3 aromatic heterocycles. The molecule has 0 aliphatic carbocycles. The number of fused-ring (bicyclic) bond motifs is 9. The van der Waals surface area contributed by atoms with Gasteiger partial charge in [0, 0.05) is 54.5 Å². The van der Waals surface area contributed by atoms with E-state index in [1.54, 1.807) is 0 Å². The summed E-state index contributed by atoms with van der Waals surface area (Å²) in [7, 11) is 0. The molecule has 0 saturated heterocycles. The van der Waals surface area contributed by atoms with Gasteiger partial charge in [-0.05, 0) is 59.7 Å². The number of anilines is 3. The quantitative estimate of drug-likeness (QED) is 0.199. The first-order valence-electron chi connectivity index (χ1n) is 15.4. The lowest BCUT2D eigenvalue weighted by Crippen LogP contribution is -2.10. The molecular formula is C42H25NO2S. The summed E-state index contributed by atoms with van der Waals surface area (Å²) < 4.78 is 15.1. The van der Waals surface area contributed by atoms with E-state index in [9.17, 15) is 0 Å². The van der Waals surface area contributed by atoms with Gasteiger partial charge in [-0.3, -0.25) is 0 Å². The zero-order valence-corrected chi connectivity index (χ0v) is 25.4. The van der Waals surface area contributed by atoms with Gasteiger partial charge in [-0.1, -0.05) is 97.1 Å². The van der Waals surface area contributed by atoms with Crippen LogP contribution < -0.4 is 4.90 Å². The Hall–Kier alpha value is -5.84. The first kappa shape index (κ1) is 25.5. The Morgan fingerprint density at radius 2 is 0.978 bits per heavy atom. The molecule has 0 unspecified atom stereocenters. The number of para-hydroxylation sites is 2. The number of hydrogen-bond acceptors (Lipinski definition) is 4. The van der Waals surface area contributed by atoms with Gasteiger partial charge in [0.1, 0.15) is 22.3 Å². The van der Waals surface area contributed by atoms with Gasteiger partial charge in [0.05, 0.1) is 10.4 Å². The van der Waals surface area contributed by atoms with E-state index < -0.39 is 0 Å². The molecule has 216 valence electrons. The summed E-state index contributed by atoms with van der Waals surface area (Å²) in [4.78, 5) is 2.37. The topological polar surface area (TPSA) is 29.5 Å². The van der Waals surface area contributed by atoms with Crippen molar-refractivity contribution < 1.29 is 8.83 Å². The number of hydrogen-bond donors (Lipinski definition) is 0. The van der Waals surface area contributed by atoms with Crippen molar-refractivity contribution in [2.75, 3.05) is 4.90 Å². The third kappa shape index (κ3) is 3.77. The second kappa shape index (κ2) is 9.83. The lowest BCUT2D eigenvalue weighted by Gasteiger charge is -2.26. The number of nitrogens with zero attached hydrogens (tertiary/aromatic N) is 1. The van der Waals surface area contributed by atoms with Gasteiger partial charge in [0.25, 0.3) is 0 Å². The minimum Gasteiger partial charge on any atom is -0.456 e. The molecule has 10 aromatic rings. The number of thiophene rings is 1. The van der Waals surface area contributed by atoms with E-state index in [1.807, 2.05) is 35.6 Å². The van der Waals surface area contributed by atoms with E-state index in [0.29, 0.717) is 0 Å². The molecule has 0 bridgehead atoms. The van der Waals surface area contributed by atoms with Crippen molar-refractivity contribution >= 4 is 92.4 Å². The van der Waals surface area contributed by atoms with Gasteiger partial charge >= 0.3 is 0 Å². The van der Waals surface area contributed by atoms with Gasteiger partial charge in [-0.25, -0.2) is 0 Å². The maximum absolute atomic E-state index is 6.39. The molecule has 46 heavy (non-hydrogen) atoms. The average molecular weight is 608 g/mol. The van der Waals surface area contributed by atoms with E-state index >= 15 is 0 Å². The van der Waals surface area contributed by atoms with Crippen molar-refractivity contribution in [1.29, 1.82) is 0 Å². The summed E-state index contributed by atoms with van der Waals surface area (Å²) in [6.45, 7) is 0. The van der Waals surface area contributed by atoms with Crippen LogP contribution in [-0.2, 0) is 0 Å². The maximum Gasteiger partial charge on any atom is 0.137 e. The predicted octanol–water partition coefficient (Wildman–Crippen LogP) is 13.0. The molecule has 0 atom stereocenters. The van der Waals surface area contributed by atoms with Crippen molar-refractivity contribution in [3.05, 3.63) is 152 Å². The van der Waals surface area contributed by atoms with Crippen LogP contribution in [-0.4, -0.2) is 0 Å². The number of benzene rings is 7. The Labute approximate surface area is 268 Å². The summed E-state index contributed by atoms with van der Waals surface area (Å²) in [6, 6.07) is 53.6. The molecule has 0 radical (unpaired) electrons. The molecule has 0 fully saturated rings. The first-order chi connectivity index (χ1) is 22.8. The lowest BCUT2D eigenvalue weighted by atomic mass is 10.0. The summed E-state index contributed by atoms with van der Waals surface area (Å²) in [5.41, 5.74) is 9.24. The fraction of sp³-hybridized carbons (Fsp3) is 0. The Balaban J connectivity index is 1.26. The summed E-state index contributed by atoms with van der Waals surface area (Å²) in [5.74, 6) is 0. The molecular weight excluding hydrogens is 583 g/mol. The molecule has 10 rings (SSSR count). The van der Waals surface area contributed by atoms with Crippen molar-refractivity contribution in [1.82, 2.24) is 0 Å². The molecule has 0 aliphatic heterocycles. The fourth-order valence-corrected chi connectivity index (χ4v) is 8.30. The second-order valence-electron chi connectivity index (χ2n) is 11.7. The van der Waals surface area contributed by atoms with Crippen LogP contribution in [0, 0.1) is 0 Å². The Morgan fingerprint density at radius 3 is 1.80 bits per heavy atom. The van der Waals surface area contributed by atoms with E-state index in [1.165, 1.54) is 31.3 Å². The highest BCUT2D eigenvalue weighted by Gasteiger charge is 2.21. The van der Waals surface area contributed by atoms with Crippen LogP contribution in [0.3, 0.4) is 0 Å². The van der Waals surface area contributed by atoms with Crippen LogP contribution >= 0.6 is 11.3 Å². The number of rotatable bonds is 4. The van der Waals surface area contributed by atoms with Crippen molar-refractivity contribution in [3.63, 3.8) is 0 Å². The molecule has 0 aliphatic rings. The summed E-state index contributed by atoms with van der Waals surface area (Å²) in [5, 5.41) is 6.97. The Bertz CT molecular complexity index is 2770. The molecule has 3 heterocycles. The van der Waals surface area contributed by atoms with Gasteiger partial charge < -0.3 is 13.7 Å². The Kier molecular flexibility index (Phi) is 5.45. The molecule has 3 nitrogen and oxygen atoms in total. The van der Waals surface area contributed by atoms with Crippen molar-refractivity contribution in [2.24, 2.45) is 0 Å². The molecule has 4 heteroatoms. The highest BCUT2D eigenvalue weighted by molar-refractivity contribution is 7.27. The van der Waals surface area contributed by atoms with E-state index in [0.717, 1.165) is 60.9 Å². The van der Waals surface area contributed by atoms with Crippen LogP contribution in [0.25, 0.3) is 75.2 Å². The highest BCUT2D eigenvalue weighted by Crippen LogP contribution is 2.48. The minimum atomic E-state index is 0.869. The standard InChI is InChI=1S/C42H25NO2S/c1-2-10-26(11-3-1)29-14-8-15-33-34-16-9-17-36(42(34)46-41(29)33)43(27-21-23-39-35(24-27)31-13-5-7-19-38(31)44-39)28-20-22-32-30-12-4-6-18-37(30)45-40(32)25-28/h1-25H. The van der Waals surface area contributed by atoms with Crippen LogP contribution in [0.1, 0.15) is 0 Å². The van der Waals surface area contributed by atoms with Crippen LogP contribution in [0.4, 0.5) is 17.1 Å². The fourth-order valence-electron chi connectivity index (χ4n) is 6.96. The van der Waals surface area contributed by atoms with Gasteiger partial charge in [-0.2, -0.15) is 0 Å². The molecule has 0 saturated carbocycles. The molecule has 0 spiro atoms. The SMILES string of the molecule is c1ccc(-c2cccc3c2sc2c(N(c4ccc5c(c4)oc4ccccc45)c4ccc5oc6ccccc6c5c4)cccc23)cc1. The molecule has 7 aromatic carbocycles. The van der Waals surface area contributed by atoms with Gasteiger partial charge in [-0.15, -0.1) is 11.3 Å². The lowest BCUT2D eigenvalue weighted by molar-refractivity contribution is 0.668. The summed E-state index contributed by atoms with van der Waals surface area (Å²) in [6.07, 6.45) is 0. The highest BCUT2D eigenvalue weighted by atomic mass is 32.1. The van der Waals surface area contributed by atoms with Crippen molar-refractivity contribution in [2.45, 2.75) is 0 Å². The monoisotopic (exact) mass is 607 g/mol. The van der Waals surface area contributed by atoms with Gasteiger partial charge in [0.2, 0.25) is 0 Å². The zero-order valence-electron chi connectivity index (χ0n) is 24.6. The summed E-state index contributed by atoms with van der Waals surface area (Å²) >= 11 is 1.86. The zero-order chi connectivity index (χ0) is 30.2. The predicted molar refractivity (Wildman–Crippen MR) is 194 cm³/mol. The van der Waals surface area contributed by atoms with E-state index in [4.69, 9.17) is 8.83 Å². The smallest absolute Gasteiger partial charge is 0.137 e. The van der Waals surface area contributed by atoms with Crippen LogP contribution in [0.5, 0.6) is 0 Å². The average Bonchev–Trinajstić information content (AvgIpc) is 3.80. The molecule has 0 N–H and O–H groups in total. The second-order valence-corrected chi connectivity index (χ2v) is 12.7. The van der Waals surface area contributed by atoms with Crippen molar-refractivity contribution in [3.8, 4) is 11.1 Å².